The molecule has 1 heterocycles. The summed E-state index contributed by atoms with van der Waals surface area (Å²) in [7, 11) is 0. The lowest BCUT2D eigenvalue weighted by atomic mass is 9.91. The lowest BCUT2D eigenvalue weighted by Gasteiger charge is -2.18. The number of hydrogen-bond acceptors (Lipinski definition) is 3. The lowest BCUT2D eigenvalue weighted by Crippen LogP contribution is -2.35. The Balaban J connectivity index is 0.000000185. The van der Waals surface area contributed by atoms with Gasteiger partial charge in [0.05, 0.1) is 11.1 Å². The summed E-state index contributed by atoms with van der Waals surface area (Å²) in [6.07, 6.45) is 0.779. The first-order chi connectivity index (χ1) is 12.5. The van der Waals surface area contributed by atoms with Crippen LogP contribution in [-0.4, -0.2) is 22.9 Å². The van der Waals surface area contributed by atoms with Crippen LogP contribution in [-0.2, 0) is 6.42 Å². The van der Waals surface area contributed by atoms with Gasteiger partial charge in [0.2, 0.25) is 0 Å². The van der Waals surface area contributed by atoms with Crippen LogP contribution < -0.4 is 5.32 Å². The molecule has 0 aromatic heterocycles. The molecule has 3 aromatic rings. The fraction of sp³-hybridized carbons (Fsp3) is 0.0952. The molecule has 5 nitrogen and oxygen atoms in total. The van der Waals surface area contributed by atoms with Crippen LogP contribution in [0, 0.1) is 0 Å². The number of amides is 2. The molecular formula is C21H17NO4. The number of rotatable bonds is 2. The predicted molar refractivity (Wildman–Crippen MR) is 98.5 cm³/mol. The number of carbonyl (C=O) groups excluding carboxylic acids is 2. The van der Waals surface area contributed by atoms with Crippen LogP contribution in [0.4, 0.5) is 0 Å². The maximum atomic E-state index is 11.9. The van der Waals surface area contributed by atoms with E-state index < -0.39 is 5.97 Å². The molecule has 0 atom stereocenters. The van der Waals surface area contributed by atoms with E-state index in [4.69, 9.17) is 5.11 Å². The van der Waals surface area contributed by atoms with Crippen molar-refractivity contribution in [3.63, 3.8) is 0 Å². The fourth-order valence-corrected chi connectivity index (χ4v) is 2.98. The van der Waals surface area contributed by atoms with Crippen molar-refractivity contribution in [1.29, 1.82) is 0 Å². The zero-order chi connectivity index (χ0) is 18.7. The minimum atomic E-state index is -0.879. The zero-order valence-corrected chi connectivity index (χ0v) is 14.2. The molecule has 0 spiro atoms. The van der Waals surface area contributed by atoms with E-state index in [2.05, 4.69) is 5.32 Å². The average Bonchev–Trinajstić information content (AvgIpc) is 2.66. The third-order valence-electron chi connectivity index (χ3n) is 4.23. The number of carboxylic acids is 1. The van der Waals surface area contributed by atoms with Gasteiger partial charge in [0.25, 0.3) is 11.8 Å². The van der Waals surface area contributed by atoms with Crippen LogP contribution in [0.1, 0.15) is 43.6 Å². The molecule has 5 heteroatoms. The number of carboxylic acid groups (broad SMARTS) is 1. The third kappa shape index (κ3) is 3.19. The molecule has 0 radical (unpaired) electrons. The molecule has 0 fully saturated rings. The van der Waals surface area contributed by atoms with Crippen molar-refractivity contribution in [2.24, 2.45) is 0 Å². The highest BCUT2D eigenvalue weighted by Gasteiger charge is 2.26. The van der Waals surface area contributed by atoms with Gasteiger partial charge in [-0.3, -0.25) is 14.9 Å². The van der Waals surface area contributed by atoms with E-state index in [0.717, 1.165) is 22.8 Å². The van der Waals surface area contributed by atoms with E-state index in [1.54, 1.807) is 36.4 Å². The van der Waals surface area contributed by atoms with Crippen molar-refractivity contribution < 1.29 is 19.5 Å². The molecule has 1 aliphatic heterocycles. The van der Waals surface area contributed by atoms with Gasteiger partial charge in [-0.2, -0.15) is 0 Å². The van der Waals surface area contributed by atoms with Gasteiger partial charge in [-0.25, -0.2) is 4.79 Å². The highest BCUT2D eigenvalue weighted by atomic mass is 16.4. The summed E-state index contributed by atoms with van der Waals surface area (Å²) in [4.78, 5) is 33.9. The summed E-state index contributed by atoms with van der Waals surface area (Å²) in [6, 6.07) is 17.7. The lowest BCUT2D eigenvalue weighted by molar-refractivity contribution is 0.0695. The smallest absolute Gasteiger partial charge is 0.335 e. The molecule has 0 saturated heterocycles. The average molecular weight is 347 g/mol. The van der Waals surface area contributed by atoms with Crippen LogP contribution in [0.5, 0.6) is 0 Å². The van der Waals surface area contributed by atoms with E-state index in [1.165, 1.54) is 0 Å². The maximum absolute atomic E-state index is 11.9. The Labute approximate surface area is 150 Å². The number of benzene rings is 3. The second kappa shape index (κ2) is 7.19. The number of nitrogens with one attached hydrogen (secondary N) is 1. The van der Waals surface area contributed by atoms with Crippen LogP contribution in [0.3, 0.4) is 0 Å². The van der Waals surface area contributed by atoms with Gasteiger partial charge in [-0.1, -0.05) is 49.4 Å². The summed E-state index contributed by atoms with van der Waals surface area (Å²) < 4.78 is 0. The van der Waals surface area contributed by atoms with Crippen molar-refractivity contribution in [1.82, 2.24) is 5.32 Å². The van der Waals surface area contributed by atoms with E-state index in [9.17, 15) is 14.4 Å². The molecular weight excluding hydrogens is 330 g/mol. The first-order valence-electron chi connectivity index (χ1n) is 8.21. The van der Waals surface area contributed by atoms with Crippen molar-refractivity contribution in [3.05, 3.63) is 82.9 Å². The highest BCUT2D eigenvalue weighted by Crippen LogP contribution is 2.29. The summed E-state index contributed by atoms with van der Waals surface area (Å²) in [6.45, 7) is 2.00. The molecule has 2 N–H and O–H groups in total. The largest absolute Gasteiger partial charge is 0.478 e. The number of hydrogen-bond donors (Lipinski definition) is 2. The van der Waals surface area contributed by atoms with Gasteiger partial charge in [0.15, 0.2) is 0 Å². The van der Waals surface area contributed by atoms with Crippen LogP contribution in [0.25, 0.3) is 10.8 Å². The van der Waals surface area contributed by atoms with E-state index in [0.29, 0.717) is 16.7 Å². The van der Waals surface area contributed by atoms with Crippen LogP contribution in [0.15, 0.2) is 60.7 Å². The molecule has 26 heavy (non-hydrogen) atoms. The Morgan fingerprint density at radius 1 is 0.923 bits per heavy atom. The molecule has 0 bridgehead atoms. The third-order valence-corrected chi connectivity index (χ3v) is 4.23. The van der Waals surface area contributed by atoms with Crippen LogP contribution >= 0.6 is 0 Å². The van der Waals surface area contributed by atoms with Crippen LogP contribution in [0.2, 0.25) is 0 Å². The molecule has 130 valence electrons. The van der Waals surface area contributed by atoms with E-state index in [1.807, 2.05) is 31.2 Å². The summed E-state index contributed by atoms with van der Waals surface area (Å²) >= 11 is 0. The second-order valence-electron chi connectivity index (χ2n) is 5.81. The summed E-state index contributed by atoms with van der Waals surface area (Å²) in [5.41, 5.74) is 2.56. The Kier molecular flexibility index (Phi) is 4.80. The van der Waals surface area contributed by atoms with Gasteiger partial charge in [-0.05, 0) is 35.6 Å². The fourth-order valence-electron chi connectivity index (χ4n) is 2.98. The molecule has 0 unspecified atom stereocenters. The van der Waals surface area contributed by atoms with Crippen molar-refractivity contribution in [3.8, 4) is 0 Å². The number of carbonyl (C=O) groups is 3. The van der Waals surface area contributed by atoms with Gasteiger partial charge in [0, 0.05) is 10.9 Å². The standard InChI is InChI=1S/C14H11NO2.C7H6O2/c1-2-8-6-7-9-4-3-5-10-11(9)12(8)14(17)15-13(10)16;8-7(9)6-4-2-1-3-5-6/h3-7H,2H2,1H3,(H,15,16,17);1-5H,(H,8,9). The quantitative estimate of drug-likeness (QED) is 0.693. The first-order valence-corrected chi connectivity index (χ1v) is 8.21. The Morgan fingerprint density at radius 2 is 1.65 bits per heavy atom. The Morgan fingerprint density at radius 3 is 2.27 bits per heavy atom. The Hall–Kier alpha value is -3.47. The molecule has 3 aromatic carbocycles. The number of aromatic carboxylic acids is 1. The topological polar surface area (TPSA) is 83.5 Å². The minimum Gasteiger partial charge on any atom is -0.478 e. The van der Waals surface area contributed by atoms with Crippen molar-refractivity contribution in [2.75, 3.05) is 0 Å². The molecule has 0 aliphatic carbocycles. The second-order valence-corrected chi connectivity index (χ2v) is 5.81. The van der Waals surface area contributed by atoms with Gasteiger partial charge in [-0.15, -0.1) is 0 Å². The minimum absolute atomic E-state index is 0.281. The van der Waals surface area contributed by atoms with E-state index in [-0.39, 0.29) is 11.8 Å². The normalized spacial score (nSPS) is 12.2. The summed E-state index contributed by atoms with van der Waals surface area (Å²) in [5.74, 6) is -1.46. The van der Waals surface area contributed by atoms with Gasteiger partial charge < -0.3 is 5.11 Å². The van der Waals surface area contributed by atoms with Gasteiger partial charge in [0.1, 0.15) is 0 Å². The summed E-state index contributed by atoms with van der Waals surface area (Å²) in [5, 5.41) is 12.5. The van der Waals surface area contributed by atoms with Crippen molar-refractivity contribution in [2.45, 2.75) is 13.3 Å². The maximum Gasteiger partial charge on any atom is 0.335 e. The molecule has 0 saturated carbocycles. The van der Waals surface area contributed by atoms with E-state index >= 15 is 0 Å². The predicted octanol–water partition coefficient (Wildman–Crippen LogP) is 3.67. The number of aryl methyl sites for hydroxylation is 1. The number of imide groups is 1. The van der Waals surface area contributed by atoms with Crippen molar-refractivity contribution >= 4 is 28.6 Å². The molecule has 1 aliphatic rings. The molecule has 4 rings (SSSR count). The first kappa shape index (κ1) is 17.4. The van der Waals surface area contributed by atoms with Gasteiger partial charge >= 0.3 is 5.97 Å². The zero-order valence-electron chi connectivity index (χ0n) is 14.2. The SMILES string of the molecule is CCc1ccc2cccc3c2c1C(=O)NC3=O.O=C(O)c1ccccc1. The highest BCUT2D eigenvalue weighted by molar-refractivity contribution is 6.26. The Bertz CT molecular complexity index is 1010. The molecule has 2 amide bonds. The monoisotopic (exact) mass is 347 g/mol.